The SMILES string of the molecule is CN=C(C)Cc1c(C)cc(C(N)=C2CC2)cc1F. The molecule has 2 rings (SSSR count). The standard InChI is InChI=1S/C15H19FN2/c1-9-6-12(15(17)11-4-5-11)8-14(16)13(9)7-10(2)18-3/h6,8H,4-5,7,17H2,1-3H3. The minimum atomic E-state index is -0.183. The first-order valence-electron chi connectivity index (χ1n) is 6.22. The van der Waals surface area contributed by atoms with E-state index >= 15 is 0 Å². The van der Waals surface area contributed by atoms with Crippen molar-refractivity contribution >= 4 is 11.4 Å². The number of aryl methyl sites for hydroxylation is 1. The van der Waals surface area contributed by atoms with Crippen molar-refractivity contribution in [3.8, 4) is 0 Å². The number of hydrogen-bond donors (Lipinski definition) is 1. The molecule has 2 N–H and O–H groups in total. The maximum absolute atomic E-state index is 14.1. The molecule has 0 saturated heterocycles. The Labute approximate surface area is 107 Å². The van der Waals surface area contributed by atoms with E-state index in [1.54, 1.807) is 13.1 Å². The Kier molecular flexibility index (Phi) is 3.50. The van der Waals surface area contributed by atoms with Crippen molar-refractivity contribution in [3.05, 3.63) is 40.2 Å². The van der Waals surface area contributed by atoms with E-state index in [-0.39, 0.29) is 5.82 Å². The highest BCUT2D eigenvalue weighted by Crippen LogP contribution is 2.34. The molecule has 1 saturated carbocycles. The Morgan fingerprint density at radius 3 is 2.56 bits per heavy atom. The highest BCUT2D eigenvalue weighted by atomic mass is 19.1. The Hall–Kier alpha value is -1.64. The fourth-order valence-electron chi connectivity index (χ4n) is 2.02. The lowest BCUT2D eigenvalue weighted by Crippen LogP contribution is -2.05. The topological polar surface area (TPSA) is 38.4 Å². The van der Waals surface area contributed by atoms with Crippen LogP contribution < -0.4 is 5.73 Å². The summed E-state index contributed by atoms with van der Waals surface area (Å²) in [5.74, 6) is -0.183. The number of rotatable bonds is 3. The largest absolute Gasteiger partial charge is 0.398 e. The van der Waals surface area contributed by atoms with Crippen LogP contribution in [-0.4, -0.2) is 12.8 Å². The van der Waals surface area contributed by atoms with Gasteiger partial charge in [-0.05, 0) is 55.5 Å². The summed E-state index contributed by atoms with van der Waals surface area (Å²) in [5, 5.41) is 0. The summed E-state index contributed by atoms with van der Waals surface area (Å²) in [5.41, 5.74) is 11.4. The van der Waals surface area contributed by atoms with Crippen LogP contribution in [0.3, 0.4) is 0 Å². The molecule has 3 heteroatoms. The van der Waals surface area contributed by atoms with Crippen LogP contribution in [0.1, 0.15) is 36.5 Å². The third kappa shape index (κ3) is 2.61. The number of aliphatic imine (C=N–C) groups is 1. The lowest BCUT2D eigenvalue weighted by Gasteiger charge is -2.10. The van der Waals surface area contributed by atoms with E-state index < -0.39 is 0 Å². The molecule has 0 atom stereocenters. The molecule has 18 heavy (non-hydrogen) atoms. The molecule has 0 heterocycles. The predicted molar refractivity (Wildman–Crippen MR) is 74.2 cm³/mol. The monoisotopic (exact) mass is 246 g/mol. The lowest BCUT2D eigenvalue weighted by atomic mass is 9.98. The average Bonchev–Trinajstić information content (AvgIpc) is 3.16. The number of allylic oxidation sites excluding steroid dienone is 1. The van der Waals surface area contributed by atoms with E-state index in [1.165, 1.54) is 5.57 Å². The first-order chi connectivity index (χ1) is 8.52. The van der Waals surface area contributed by atoms with Gasteiger partial charge < -0.3 is 5.73 Å². The highest BCUT2D eigenvalue weighted by Gasteiger charge is 2.18. The molecule has 1 fully saturated rings. The van der Waals surface area contributed by atoms with E-state index in [4.69, 9.17) is 5.73 Å². The molecule has 0 radical (unpaired) electrons. The molecule has 0 aliphatic heterocycles. The Balaban J connectivity index is 2.38. The van der Waals surface area contributed by atoms with E-state index in [2.05, 4.69) is 4.99 Å². The first-order valence-corrected chi connectivity index (χ1v) is 6.22. The zero-order chi connectivity index (χ0) is 13.3. The molecule has 1 aliphatic rings. The molecule has 0 aromatic heterocycles. The van der Waals surface area contributed by atoms with Crippen molar-refractivity contribution in [1.82, 2.24) is 0 Å². The van der Waals surface area contributed by atoms with Gasteiger partial charge in [-0.25, -0.2) is 4.39 Å². The van der Waals surface area contributed by atoms with Gasteiger partial charge in [0.2, 0.25) is 0 Å². The molecule has 0 unspecified atom stereocenters. The molecule has 96 valence electrons. The van der Waals surface area contributed by atoms with E-state index in [0.717, 1.165) is 40.9 Å². The third-order valence-electron chi connectivity index (χ3n) is 3.42. The van der Waals surface area contributed by atoms with E-state index in [0.29, 0.717) is 6.42 Å². The normalized spacial score (nSPS) is 14.9. The van der Waals surface area contributed by atoms with Gasteiger partial charge in [0.15, 0.2) is 0 Å². The van der Waals surface area contributed by atoms with Gasteiger partial charge >= 0.3 is 0 Å². The second-order valence-electron chi connectivity index (χ2n) is 4.91. The van der Waals surface area contributed by atoms with Gasteiger partial charge in [-0.1, -0.05) is 0 Å². The Morgan fingerprint density at radius 1 is 1.39 bits per heavy atom. The third-order valence-corrected chi connectivity index (χ3v) is 3.42. The molecule has 2 nitrogen and oxygen atoms in total. The molecule has 1 aliphatic carbocycles. The highest BCUT2D eigenvalue weighted by molar-refractivity contribution is 5.84. The van der Waals surface area contributed by atoms with Crippen molar-refractivity contribution in [2.45, 2.75) is 33.1 Å². The molecule has 0 spiro atoms. The fraction of sp³-hybridized carbons (Fsp3) is 0.400. The van der Waals surface area contributed by atoms with Crippen LogP contribution in [0.2, 0.25) is 0 Å². The fourth-order valence-corrected chi connectivity index (χ4v) is 2.02. The number of hydrogen-bond acceptors (Lipinski definition) is 2. The lowest BCUT2D eigenvalue weighted by molar-refractivity contribution is 0.613. The number of nitrogens with zero attached hydrogens (tertiary/aromatic N) is 1. The smallest absolute Gasteiger partial charge is 0.127 e. The molecular formula is C15H19FN2. The van der Waals surface area contributed by atoms with E-state index in [9.17, 15) is 4.39 Å². The molecular weight excluding hydrogens is 227 g/mol. The summed E-state index contributed by atoms with van der Waals surface area (Å²) in [6, 6.07) is 3.52. The van der Waals surface area contributed by atoms with Crippen LogP contribution in [0.25, 0.3) is 5.70 Å². The van der Waals surface area contributed by atoms with E-state index in [1.807, 2.05) is 19.9 Å². The Bertz CT molecular complexity index is 512. The van der Waals surface area contributed by atoms with Crippen LogP contribution in [0.15, 0.2) is 22.7 Å². The van der Waals surface area contributed by atoms with Crippen molar-refractivity contribution in [3.63, 3.8) is 0 Å². The first kappa shape index (κ1) is 12.8. The van der Waals surface area contributed by atoms with Crippen molar-refractivity contribution in [2.24, 2.45) is 10.7 Å². The summed E-state index contributed by atoms with van der Waals surface area (Å²) in [4.78, 5) is 4.08. The van der Waals surface area contributed by atoms with Gasteiger partial charge in [-0.3, -0.25) is 4.99 Å². The van der Waals surface area contributed by atoms with Gasteiger partial charge in [0.25, 0.3) is 0 Å². The minimum absolute atomic E-state index is 0.183. The van der Waals surface area contributed by atoms with Crippen LogP contribution in [-0.2, 0) is 6.42 Å². The predicted octanol–water partition coefficient (Wildman–Crippen LogP) is 3.23. The van der Waals surface area contributed by atoms with Gasteiger partial charge in [0.1, 0.15) is 5.82 Å². The number of benzene rings is 1. The zero-order valence-electron chi connectivity index (χ0n) is 11.2. The van der Waals surface area contributed by atoms with Gasteiger partial charge in [0, 0.05) is 30.4 Å². The van der Waals surface area contributed by atoms with Crippen molar-refractivity contribution in [1.29, 1.82) is 0 Å². The van der Waals surface area contributed by atoms with Gasteiger partial charge in [0.05, 0.1) is 0 Å². The summed E-state index contributed by atoms with van der Waals surface area (Å²) in [6.45, 7) is 3.84. The molecule has 0 amide bonds. The summed E-state index contributed by atoms with van der Waals surface area (Å²) < 4.78 is 14.1. The molecule has 0 bridgehead atoms. The summed E-state index contributed by atoms with van der Waals surface area (Å²) in [7, 11) is 1.73. The van der Waals surface area contributed by atoms with Crippen molar-refractivity contribution < 1.29 is 4.39 Å². The molecule has 1 aromatic carbocycles. The second kappa shape index (κ2) is 4.92. The average molecular weight is 246 g/mol. The van der Waals surface area contributed by atoms with Crippen LogP contribution in [0.4, 0.5) is 4.39 Å². The quantitative estimate of drug-likeness (QED) is 0.817. The minimum Gasteiger partial charge on any atom is -0.398 e. The van der Waals surface area contributed by atoms with Crippen LogP contribution in [0, 0.1) is 12.7 Å². The zero-order valence-corrected chi connectivity index (χ0v) is 11.2. The Morgan fingerprint density at radius 2 is 2.06 bits per heavy atom. The maximum Gasteiger partial charge on any atom is 0.127 e. The van der Waals surface area contributed by atoms with Crippen LogP contribution >= 0.6 is 0 Å². The summed E-state index contributed by atoms with van der Waals surface area (Å²) >= 11 is 0. The van der Waals surface area contributed by atoms with Crippen LogP contribution in [0.5, 0.6) is 0 Å². The maximum atomic E-state index is 14.1. The second-order valence-corrected chi connectivity index (χ2v) is 4.91. The van der Waals surface area contributed by atoms with Crippen molar-refractivity contribution in [2.75, 3.05) is 7.05 Å². The molecule has 1 aromatic rings. The summed E-state index contributed by atoms with van der Waals surface area (Å²) in [6.07, 6.45) is 2.66. The number of nitrogens with two attached hydrogens (primary N) is 1. The van der Waals surface area contributed by atoms with Gasteiger partial charge in [-0.2, -0.15) is 0 Å². The van der Waals surface area contributed by atoms with Gasteiger partial charge in [-0.15, -0.1) is 0 Å². The number of halogens is 1.